The van der Waals surface area contributed by atoms with Crippen molar-refractivity contribution in [3.63, 3.8) is 0 Å². The standard InChI is InChI=1S/C16H12FN3S/c17-11-6-7-12-10(9-11)5-8-13(12)19-20-16-18-14-3-1-2-4-15(14)21-16/h1-4,6-7,9H,5,8H2,(H,18,20)/b19-13-. The first-order valence-corrected chi connectivity index (χ1v) is 7.58. The summed E-state index contributed by atoms with van der Waals surface area (Å²) in [6.07, 6.45) is 1.67. The lowest BCUT2D eigenvalue weighted by Gasteiger charge is -2.00. The van der Waals surface area contributed by atoms with E-state index in [1.54, 1.807) is 23.5 Å². The minimum absolute atomic E-state index is 0.186. The monoisotopic (exact) mass is 297 g/mol. The minimum Gasteiger partial charge on any atom is -0.252 e. The highest BCUT2D eigenvalue weighted by Gasteiger charge is 2.18. The van der Waals surface area contributed by atoms with Crippen molar-refractivity contribution >= 4 is 32.4 Å². The molecule has 104 valence electrons. The van der Waals surface area contributed by atoms with Gasteiger partial charge in [-0.05, 0) is 48.7 Å². The van der Waals surface area contributed by atoms with Gasteiger partial charge in [0.2, 0.25) is 5.13 Å². The molecular weight excluding hydrogens is 285 g/mol. The predicted molar refractivity (Wildman–Crippen MR) is 84.5 cm³/mol. The van der Waals surface area contributed by atoms with Crippen LogP contribution in [0.5, 0.6) is 0 Å². The van der Waals surface area contributed by atoms with Crippen LogP contribution < -0.4 is 5.43 Å². The zero-order valence-electron chi connectivity index (χ0n) is 11.1. The van der Waals surface area contributed by atoms with E-state index in [9.17, 15) is 4.39 Å². The van der Waals surface area contributed by atoms with Crippen molar-refractivity contribution in [1.29, 1.82) is 0 Å². The van der Waals surface area contributed by atoms with Crippen LogP contribution in [0, 0.1) is 5.82 Å². The molecular formula is C16H12FN3S. The maximum Gasteiger partial charge on any atom is 0.204 e. The first-order valence-electron chi connectivity index (χ1n) is 6.76. The molecule has 2 aromatic carbocycles. The number of anilines is 1. The van der Waals surface area contributed by atoms with E-state index in [1.807, 2.05) is 24.3 Å². The van der Waals surface area contributed by atoms with E-state index in [2.05, 4.69) is 15.5 Å². The largest absolute Gasteiger partial charge is 0.252 e. The number of thiazole rings is 1. The van der Waals surface area contributed by atoms with Gasteiger partial charge in [0, 0.05) is 5.56 Å². The summed E-state index contributed by atoms with van der Waals surface area (Å²) in [6.45, 7) is 0. The number of nitrogens with one attached hydrogen (secondary N) is 1. The summed E-state index contributed by atoms with van der Waals surface area (Å²) in [5.74, 6) is -0.186. The average molecular weight is 297 g/mol. The number of aromatic nitrogens is 1. The van der Waals surface area contributed by atoms with Gasteiger partial charge in [0.05, 0.1) is 15.9 Å². The summed E-state index contributed by atoms with van der Waals surface area (Å²) in [6, 6.07) is 12.9. The van der Waals surface area contributed by atoms with Crippen molar-refractivity contribution in [3.05, 3.63) is 59.4 Å². The molecule has 0 radical (unpaired) electrons. The first-order chi connectivity index (χ1) is 10.3. The molecule has 5 heteroatoms. The zero-order chi connectivity index (χ0) is 14.2. The Kier molecular flexibility index (Phi) is 2.93. The highest BCUT2D eigenvalue weighted by molar-refractivity contribution is 7.22. The van der Waals surface area contributed by atoms with E-state index in [4.69, 9.17) is 0 Å². The fourth-order valence-corrected chi connectivity index (χ4v) is 3.40. The molecule has 0 bridgehead atoms. The topological polar surface area (TPSA) is 37.3 Å². The molecule has 0 saturated carbocycles. The number of nitrogens with zero attached hydrogens (tertiary/aromatic N) is 2. The Labute approximate surface area is 125 Å². The van der Waals surface area contributed by atoms with Crippen LogP contribution in [0.1, 0.15) is 17.5 Å². The Bertz CT molecular complexity index is 821. The van der Waals surface area contributed by atoms with Crippen molar-refractivity contribution in [2.45, 2.75) is 12.8 Å². The predicted octanol–water partition coefficient (Wildman–Crippen LogP) is 4.20. The second-order valence-electron chi connectivity index (χ2n) is 4.96. The molecule has 1 aliphatic rings. The molecule has 1 heterocycles. The smallest absolute Gasteiger partial charge is 0.204 e. The Morgan fingerprint density at radius 3 is 2.95 bits per heavy atom. The number of benzene rings is 2. The second kappa shape index (κ2) is 4.93. The number of aryl methyl sites for hydroxylation is 1. The fraction of sp³-hybridized carbons (Fsp3) is 0.125. The molecule has 0 amide bonds. The SMILES string of the molecule is Fc1ccc2c(c1)CC/C2=N/Nc1nc2ccccc2s1. The van der Waals surface area contributed by atoms with Crippen LogP contribution in [-0.4, -0.2) is 10.7 Å². The van der Waals surface area contributed by atoms with Crippen molar-refractivity contribution in [3.8, 4) is 0 Å². The maximum atomic E-state index is 13.2. The Hall–Kier alpha value is -2.27. The van der Waals surface area contributed by atoms with Crippen molar-refractivity contribution in [2.75, 3.05) is 5.43 Å². The molecule has 1 aromatic heterocycles. The highest BCUT2D eigenvalue weighted by Crippen LogP contribution is 2.27. The van der Waals surface area contributed by atoms with Crippen LogP contribution in [-0.2, 0) is 6.42 Å². The molecule has 0 atom stereocenters. The van der Waals surface area contributed by atoms with Crippen molar-refractivity contribution < 1.29 is 4.39 Å². The third-order valence-electron chi connectivity index (χ3n) is 3.59. The summed E-state index contributed by atoms with van der Waals surface area (Å²) in [5, 5.41) is 5.23. The van der Waals surface area contributed by atoms with Gasteiger partial charge in [-0.1, -0.05) is 23.5 Å². The number of rotatable bonds is 2. The van der Waals surface area contributed by atoms with Crippen LogP contribution in [0.25, 0.3) is 10.2 Å². The van der Waals surface area contributed by atoms with Crippen LogP contribution in [0.3, 0.4) is 0 Å². The summed E-state index contributed by atoms with van der Waals surface area (Å²) in [4.78, 5) is 4.48. The van der Waals surface area contributed by atoms with Gasteiger partial charge in [0.15, 0.2) is 0 Å². The van der Waals surface area contributed by atoms with Crippen LogP contribution in [0.4, 0.5) is 9.52 Å². The van der Waals surface area contributed by atoms with E-state index in [-0.39, 0.29) is 5.82 Å². The van der Waals surface area contributed by atoms with Crippen LogP contribution in [0.2, 0.25) is 0 Å². The van der Waals surface area contributed by atoms with Gasteiger partial charge in [0.25, 0.3) is 0 Å². The number of hydrogen-bond acceptors (Lipinski definition) is 4. The summed E-state index contributed by atoms with van der Waals surface area (Å²) in [5.41, 5.74) is 7.03. The molecule has 3 aromatic rings. The second-order valence-corrected chi connectivity index (χ2v) is 5.99. The summed E-state index contributed by atoms with van der Waals surface area (Å²) < 4.78 is 14.3. The Morgan fingerprint density at radius 2 is 2.05 bits per heavy atom. The van der Waals surface area contributed by atoms with Gasteiger partial charge in [-0.25, -0.2) is 9.37 Å². The third-order valence-corrected chi connectivity index (χ3v) is 4.53. The number of hydrazone groups is 1. The van der Waals surface area contributed by atoms with Gasteiger partial charge in [-0.2, -0.15) is 5.10 Å². The molecule has 0 spiro atoms. The zero-order valence-corrected chi connectivity index (χ0v) is 12.0. The van der Waals surface area contributed by atoms with E-state index < -0.39 is 0 Å². The Morgan fingerprint density at radius 1 is 1.14 bits per heavy atom. The fourth-order valence-electron chi connectivity index (χ4n) is 2.59. The number of fused-ring (bicyclic) bond motifs is 2. The van der Waals surface area contributed by atoms with E-state index in [0.717, 1.165) is 45.0 Å². The highest BCUT2D eigenvalue weighted by atomic mass is 32.1. The number of halogens is 1. The van der Waals surface area contributed by atoms with E-state index in [0.29, 0.717) is 0 Å². The van der Waals surface area contributed by atoms with E-state index in [1.165, 1.54) is 6.07 Å². The molecule has 0 unspecified atom stereocenters. The number of para-hydroxylation sites is 1. The van der Waals surface area contributed by atoms with Crippen LogP contribution in [0.15, 0.2) is 47.6 Å². The van der Waals surface area contributed by atoms with Gasteiger partial charge in [-0.15, -0.1) is 0 Å². The molecule has 21 heavy (non-hydrogen) atoms. The first kappa shape index (κ1) is 12.5. The minimum atomic E-state index is -0.186. The van der Waals surface area contributed by atoms with Gasteiger partial charge >= 0.3 is 0 Å². The quantitative estimate of drug-likeness (QED) is 0.720. The lowest BCUT2D eigenvalue weighted by Crippen LogP contribution is -1.99. The lowest BCUT2D eigenvalue weighted by atomic mass is 10.1. The van der Waals surface area contributed by atoms with E-state index >= 15 is 0 Å². The Balaban J connectivity index is 1.62. The van der Waals surface area contributed by atoms with Crippen molar-refractivity contribution in [1.82, 2.24) is 4.98 Å². The van der Waals surface area contributed by atoms with Gasteiger partial charge < -0.3 is 0 Å². The van der Waals surface area contributed by atoms with Gasteiger partial charge in [-0.3, -0.25) is 5.43 Å². The van der Waals surface area contributed by atoms with Crippen LogP contribution >= 0.6 is 11.3 Å². The van der Waals surface area contributed by atoms with Crippen molar-refractivity contribution in [2.24, 2.45) is 5.10 Å². The molecule has 3 nitrogen and oxygen atoms in total. The molecule has 1 N–H and O–H groups in total. The molecule has 4 rings (SSSR count). The normalized spacial score (nSPS) is 15.6. The lowest BCUT2D eigenvalue weighted by molar-refractivity contribution is 0.626. The third kappa shape index (κ3) is 2.29. The van der Waals surface area contributed by atoms with Gasteiger partial charge in [0.1, 0.15) is 5.82 Å². The average Bonchev–Trinajstić information content (AvgIpc) is 3.07. The molecule has 0 fully saturated rings. The summed E-state index contributed by atoms with van der Waals surface area (Å²) >= 11 is 1.58. The maximum absolute atomic E-state index is 13.2. The molecule has 1 aliphatic carbocycles. The molecule has 0 aliphatic heterocycles. The molecule has 0 saturated heterocycles. The summed E-state index contributed by atoms with van der Waals surface area (Å²) in [7, 11) is 0. The number of hydrogen-bond donors (Lipinski definition) is 1.